The summed E-state index contributed by atoms with van der Waals surface area (Å²) in [5, 5.41) is 2.95. The molecule has 0 spiro atoms. The molecule has 2 heterocycles. The van der Waals surface area contributed by atoms with Crippen molar-refractivity contribution in [1.29, 1.82) is 0 Å². The minimum Gasteiger partial charge on any atom is -0.455 e. The van der Waals surface area contributed by atoms with E-state index in [-0.39, 0.29) is 29.6 Å². The lowest BCUT2D eigenvalue weighted by Crippen LogP contribution is -2.46. The van der Waals surface area contributed by atoms with Crippen molar-refractivity contribution in [3.63, 3.8) is 0 Å². The molecule has 1 atom stereocenters. The number of likely N-dealkylation sites (tertiary alicyclic amines) is 1. The van der Waals surface area contributed by atoms with Crippen molar-refractivity contribution in [2.45, 2.75) is 43.4 Å². The summed E-state index contributed by atoms with van der Waals surface area (Å²) in [6.45, 7) is 5.17. The average molecular weight is 419 g/mol. The fraction of sp³-hybridized carbons (Fsp3) is 0.429. The highest BCUT2D eigenvalue weighted by Gasteiger charge is 2.25. The fourth-order valence-corrected chi connectivity index (χ4v) is 4.35. The molecule has 1 saturated heterocycles. The molecule has 29 heavy (non-hydrogen) atoms. The molecule has 2 amide bonds. The first-order valence-corrected chi connectivity index (χ1v) is 11.0. The molecule has 1 N–H and O–H groups in total. The predicted octanol–water partition coefficient (Wildman–Crippen LogP) is 3.25. The van der Waals surface area contributed by atoms with Crippen LogP contribution in [0.25, 0.3) is 0 Å². The van der Waals surface area contributed by atoms with Crippen molar-refractivity contribution in [2.75, 3.05) is 19.7 Å². The van der Waals surface area contributed by atoms with Crippen molar-refractivity contribution in [3.8, 4) is 0 Å². The smallest absolute Gasteiger partial charge is 0.409 e. The Morgan fingerprint density at radius 3 is 2.69 bits per heavy atom. The summed E-state index contributed by atoms with van der Waals surface area (Å²) in [6, 6.07) is 10.8. The van der Waals surface area contributed by atoms with Gasteiger partial charge in [0.15, 0.2) is 5.76 Å². The van der Waals surface area contributed by atoms with Crippen molar-refractivity contribution in [3.05, 3.63) is 53.5 Å². The number of aryl methyl sites for hydroxylation is 1. The van der Waals surface area contributed by atoms with Gasteiger partial charge in [-0.1, -0.05) is 12.1 Å². The van der Waals surface area contributed by atoms with E-state index in [1.165, 1.54) is 0 Å². The summed E-state index contributed by atoms with van der Waals surface area (Å²) >= 11 is 0. The van der Waals surface area contributed by atoms with Gasteiger partial charge in [0.25, 0.3) is 5.91 Å². The predicted molar refractivity (Wildman–Crippen MR) is 109 cm³/mol. The number of benzene rings is 1. The number of nitrogens with zero attached hydrogens (tertiary/aromatic N) is 1. The van der Waals surface area contributed by atoms with Crippen molar-refractivity contribution < 1.29 is 23.0 Å². The maximum atomic E-state index is 12.5. The van der Waals surface area contributed by atoms with Crippen LogP contribution in [0.2, 0.25) is 0 Å². The summed E-state index contributed by atoms with van der Waals surface area (Å²) in [5.74, 6) is 0.627. The van der Waals surface area contributed by atoms with Gasteiger partial charge >= 0.3 is 6.09 Å². The lowest BCUT2D eigenvalue weighted by molar-refractivity contribution is 0.0839. The number of carbonyl (C=O) groups excluding carboxylic acids is 2. The summed E-state index contributed by atoms with van der Waals surface area (Å²) in [5.41, 5.74) is 1.05. The third kappa shape index (κ3) is 5.69. The van der Waals surface area contributed by atoms with Gasteiger partial charge in [-0.15, -0.1) is 0 Å². The van der Waals surface area contributed by atoms with Crippen LogP contribution in [-0.4, -0.2) is 46.8 Å². The Hall–Kier alpha value is -2.61. The Balaban J connectivity index is 1.51. The molecule has 0 saturated carbocycles. The number of furan rings is 1. The zero-order chi connectivity index (χ0) is 20.8. The molecule has 2 aromatic rings. The van der Waals surface area contributed by atoms with Crippen LogP contribution in [0, 0.1) is 6.92 Å². The van der Waals surface area contributed by atoms with Crippen LogP contribution in [0.4, 0.5) is 4.79 Å². The molecule has 0 radical (unpaired) electrons. The van der Waals surface area contributed by atoms with Gasteiger partial charge in [0.05, 0.1) is 23.2 Å². The van der Waals surface area contributed by atoms with Crippen LogP contribution in [0.3, 0.4) is 0 Å². The van der Waals surface area contributed by atoms with E-state index in [0.29, 0.717) is 38.3 Å². The van der Waals surface area contributed by atoms with Crippen LogP contribution in [0.1, 0.15) is 41.6 Å². The van der Waals surface area contributed by atoms with Crippen molar-refractivity contribution in [1.82, 2.24) is 10.2 Å². The Morgan fingerprint density at radius 2 is 2.00 bits per heavy atom. The van der Waals surface area contributed by atoms with E-state index in [2.05, 4.69) is 5.32 Å². The average Bonchev–Trinajstić information content (AvgIpc) is 3.17. The molecule has 8 heteroatoms. The third-order valence-corrected chi connectivity index (χ3v) is 6.09. The SMILES string of the molecule is CCOC(=O)N1CCC(NC(=O)c2ccc(C[S@@](=O)c3cccc(C)c3)o2)CC1. The first-order chi connectivity index (χ1) is 14.0. The summed E-state index contributed by atoms with van der Waals surface area (Å²) < 4.78 is 23.1. The van der Waals surface area contributed by atoms with Crippen molar-refractivity contribution in [2.24, 2.45) is 0 Å². The van der Waals surface area contributed by atoms with Gasteiger partial charge in [0.1, 0.15) is 5.76 Å². The normalized spacial score (nSPS) is 15.7. The topological polar surface area (TPSA) is 88.9 Å². The maximum Gasteiger partial charge on any atom is 0.409 e. The number of rotatable bonds is 6. The van der Waals surface area contributed by atoms with Crippen LogP contribution in [0.15, 0.2) is 45.7 Å². The molecule has 7 nitrogen and oxygen atoms in total. The maximum absolute atomic E-state index is 12.5. The highest BCUT2D eigenvalue weighted by Crippen LogP contribution is 2.17. The Labute approximate surface area is 172 Å². The van der Waals surface area contributed by atoms with E-state index in [1.807, 2.05) is 31.2 Å². The second kappa shape index (κ2) is 9.73. The quantitative estimate of drug-likeness (QED) is 0.778. The number of nitrogens with one attached hydrogen (secondary N) is 1. The highest BCUT2D eigenvalue weighted by atomic mass is 32.2. The molecular weight excluding hydrogens is 392 g/mol. The van der Waals surface area contributed by atoms with E-state index < -0.39 is 10.8 Å². The number of ether oxygens (including phenoxy) is 1. The van der Waals surface area contributed by atoms with Crippen LogP contribution in [-0.2, 0) is 21.3 Å². The van der Waals surface area contributed by atoms with E-state index in [1.54, 1.807) is 24.0 Å². The lowest BCUT2D eigenvalue weighted by atomic mass is 10.1. The zero-order valence-electron chi connectivity index (χ0n) is 16.7. The van der Waals surface area contributed by atoms with E-state index in [4.69, 9.17) is 9.15 Å². The van der Waals surface area contributed by atoms with E-state index in [9.17, 15) is 13.8 Å². The summed E-state index contributed by atoms with van der Waals surface area (Å²) in [7, 11) is -1.24. The number of hydrogen-bond donors (Lipinski definition) is 1. The second-order valence-corrected chi connectivity index (χ2v) is 8.46. The molecule has 0 aliphatic carbocycles. The van der Waals surface area contributed by atoms with Crippen LogP contribution >= 0.6 is 0 Å². The third-order valence-electron chi connectivity index (χ3n) is 4.77. The zero-order valence-corrected chi connectivity index (χ0v) is 17.5. The number of amides is 2. The molecular formula is C21H26N2O5S. The standard InChI is InChI=1S/C21H26N2O5S/c1-3-27-21(25)23-11-9-16(10-12-23)22-20(24)19-8-7-17(28-19)14-29(26)18-6-4-5-15(2)13-18/h4-8,13,16H,3,9-12,14H2,1-2H3,(H,22,24)/t29-/m1/s1. The first-order valence-electron chi connectivity index (χ1n) is 9.72. The van der Waals surface area contributed by atoms with Gasteiger partial charge in [-0.05, 0) is 56.5 Å². The number of piperidine rings is 1. The van der Waals surface area contributed by atoms with Gasteiger partial charge < -0.3 is 19.4 Å². The number of hydrogen-bond acceptors (Lipinski definition) is 5. The highest BCUT2D eigenvalue weighted by molar-refractivity contribution is 7.84. The molecule has 1 fully saturated rings. The van der Waals surface area contributed by atoms with Gasteiger partial charge in [-0.25, -0.2) is 4.79 Å². The van der Waals surface area contributed by atoms with Gasteiger partial charge in [-0.2, -0.15) is 0 Å². The molecule has 1 aromatic carbocycles. The molecule has 1 aromatic heterocycles. The van der Waals surface area contributed by atoms with Gasteiger partial charge in [0, 0.05) is 24.0 Å². The Bertz CT molecular complexity index is 887. The monoisotopic (exact) mass is 418 g/mol. The van der Waals surface area contributed by atoms with Crippen LogP contribution in [0.5, 0.6) is 0 Å². The first kappa shape index (κ1) is 21.1. The minimum absolute atomic E-state index is 0.0249. The fourth-order valence-electron chi connectivity index (χ4n) is 3.22. The number of carbonyl (C=O) groups is 2. The lowest BCUT2D eigenvalue weighted by Gasteiger charge is -2.31. The summed E-state index contributed by atoms with van der Waals surface area (Å²) in [4.78, 5) is 26.6. The van der Waals surface area contributed by atoms with E-state index in [0.717, 1.165) is 10.5 Å². The molecule has 3 rings (SSSR count). The largest absolute Gasteiger partial charge is 0.455 e. The van der Waals surface area contributed by atoms with Gasteiger partial charge in [-0.3, -0.25) is 9.00 Å². The Kier molecular flexibility index (Phi) is 7.09. The molecule has 0 unspecified atom stereocenters. The van der Waals surface area contributed by atoms with Crippen LogP contribution < -0.4 is 5.32 Å². The molecule has 1 aliphatic rings. The minimum atomic E-state index is -1.24. The molecule has 1 aliphatic heterocycles. The van der Waals surface area contributed by atoms with Gasteiger partial charge in [0.2, 0.25) is 0 Å². The Morgan fingerprint density at radius 1 is 1.24 bits per heavy atom. The summed E-state index contributed by atoms with van der Waals surface area (Å²) in [6.07, 6.45) is 1.01. The van der Waals surface area contributed by atoms with E-state index >= 15 is 0 Å². The molecule has 156 valence electrons. The second-order valence-electron chi connectivity index (χ2n) is 7.01. The molecule has 0 bridgehead atoms. The van der Waals surface area contributed by atoms with Crippen molar-refractivity contribution >= 4 is 22.8 Å².